The first-order chi connectivity index (χ1) is 11.2. The van der Waals surface area contributed by atoms with Crippen molar-refractivity contribution in [2.75, 3.05) is 5.75 Å². The van der Waals surface area contributed by atoms with E-state index in [0.717, 1.165) is 19.3 Å². The second-order valence-electron chi connectivity index (χ2n) is 6.43. The smallest absolute Gasteiger partial charge is 0.178 e. The molecule has 1 aromatic carbocycles. The molecule has 1 radical (unpaired) electrons. The number of benzene rings is 1. The summed E-state index contributed by atoms with van der Waals surface area (Å²) in [7, 11) is -3.13. The Morgan fingerprint density at radius 2 is 1.30 bits per heavy atom. The van der Waals surface area contributed by atoms with Crippen LogP contribution in [0, 0.1) is 6.07 Å². The second-order valence-corrected chi connectivity index (χ2v) is 8.51. The van der Waals surface area contributed by atoms with Gasteiger partial charge in [-0.15, -0.1) is 0 Å². The van der Waals surface area contributed by atoms with E-state index in [-0.39, 0.29) is 5.75 Å². The van der Waals surface area contributed by atoms with E-state index in [0.29, 0.717) is 4.90 Å². The largest absolute Gasteiger partial charge is 0.224 e. The molecule has 3 heteroatoms. The predicted octanol–water partition coefficient (Wildman–Crippen LogP) is 5.96. The van der Waals surface area contributed by atoms with Gasteiger partial charge >= 0.3 is 0 Å². The summed E-state index contributed by atoms with van der Waals surface area (Å²) in [6.07, 6.45) is 15.0. The van der Waals surface area contributed by atoms with Crippen molar-refractivity contribution in [3.63, 3.8) is 0 Å². The van der Waals surface area contributed by atoms with Gasteiger partial charge in [-0.25, -0.2) is 8.42 Å². The Balaban J connectivity index is 1.96. The Labute approximate surface area is 143 Å². The van der Waals surface area contributed by atoms with Crippen molar-refractivity contribution in [2.45, 2.75) is 88.9 Å². The average Bonchev–Trinajstić information content (AvgIpc) is 2.56. The summed E-state index contributed by atoms with van der Waals surface area (Å²) in [5.41, 5.74) is 0. The Morgan fingerprint density at radius 3 is 1.78 bits per heavy atom. The lowest BCUT2D eigenvalue weighted by Crippen LogP contribution is -2.06. The summed E-state index contributed by atoms with van der Waals surface area (Å²) < 4.78 is 24.2. The van der Waals surface area contributed by atoms with Gasteiger partial charge in [-0.3, -0.25) is 0 Å². The van der Waals surface area contributed by atoms with E-state index in [1.54, 1.807) is 24.3 Å². The zero-order valence-corrected chi connectivity index (χ0v) is 15.5. The average molecular weight is 338 g/mol. The van der Waals surface area contributed by atoms with Crippen molar-refractivity contribution >= 4 is 9.84 Å². The molecule has 0 spiro atoms. The third-order valence-electron chi connectivity index (χ3n) is 4.28. The highest BCUT2D eigenvalue weighted by Gasteiger charge is 2.12. The van der Waals surface area contributed by atoms with Crippen LogP contribution in [0.1, 0.15) is 84.0 Å². The van der Waals surface area contributed by atoms with E-state index in [1.807, 2.05) is 0 Å². The number of sulfone groups is 1. The van der Waals surface area contributed by atoms with E-state index in [1.165, 1.54) is 57.8 Å². The van der Waals surface area contributed by atoms with Gasteiger partial charge in [-0.2, -0.15) is 0 Å². The fourth-order valence-electron chi connectivity index (χ4n) is 2.81. The topological polar surface area (TPSA) is 34.1 Å². The Morgan fingerprint density at radius 1 is 0.783 bits per heavy atom. The predicted molar refractivity (Wildman–Crippen MR) is 98.4 cm³/mol. The van der Waals surface area contributed by atoms with E-state index < -0.39 is 9.84 Å². The van der Waals surface area contributed by atoms with Gasteiger partial charge in [0.05, 0.1) is 10.6 Å². The standard InChI is InChI=1S/C20H33O2S/c1-2-3-4-5-6-7-8-9-10-11-12-16-19-23(21,22)20-17-14-13-15-18-20/h13-15,17H,2-12,16,19H2,1H3. The maximum Gasteiger partial charge on any atom is 0.178 e. The van der Waals surface area contributed by atoms with Crippen molar-refractivity contribution in [1.29, 1.82) is 0 Å². The lowest BCUT2D eigenvalue weighted by atomic mass is 10.1. The maximum atomic E-state index is 12.1. The third kappa shape index (κ3) is 9.80. The summed E-state index contributed by atoms with van der Waals surface area (Å²) in [6, 6.07) is 9.66. The molecule has 0 aliphatic carbocycles. The molecule has 23 heavy (non-hydrogen) atoms. The fraction of sp³-hybridized carbons (Fsp3) is 0.700. The first-order valence-corrected chi connectivity index (χ1v) is 11.0. The van der Waals surface area contributed by atoms with E-state index >= 15 is 0 Å². The van der Waals surface area contributed by atoms with Crippen molar-refractivity contribution < 1.29 is 8.42 Å². The summed E-state index contributed by atoms with van der Waals surface area (Å²) in [5.74, 6) is 0.255. The molecule has 131 valence electrons. The molecule has 2 nitrogen and oxygen atoms in total. The maximum absolute atomic E-state index is 12.1. The van der Waals surface area contributed by atoms with Crippen LogP contribution in [0.3, 0.4) is 0 Å². The van der Waals surface area contributed by atoms with Crippen LogP contribution < -0.4 is 0 Å². The molecule has 0 aromatic heterocycles. The first-order valence-electron chi connectivity index (χ1n) is 9.36. The van der Waals surface area contributed by atoms with Crippen LogP contribution in [0.4, 0.5) is 0 Å². The molecule has 0 bridgehead atoms. The Hall–Kier alpha value is -0.830. The molecule has 0 heterocycles. The lowest BCUT2D eigenvalue weighted by Gasteiger charge is -2.04. The third-order valence-corrected chi connectivity index (χ3v) is 6.03. The first kappa shape index (κ1) is 20.2. The monoisotopic (exact) mass is 337 g/mol. The fourth-order valence-corrected chi connectivity index (χ4v) is 4.15. The lowest BCUT2D eigenvalue weighted by molar-refractivity contribution is 0.546. The molecule has 0 atom stereocenters. The van der Waals surface area contributed by atoms with Crippen LogP contribution in [-0.2, 0) is 9.84 Å². The molecule has 0 amide bonds. The molecule has 0 aliphatic rings. The van der Waals surface area contributed by atoms with Crippen LogP contribution >= 0.6 is 0 Å². The second kappa shape index (κ2) is 12.6. The normalized spacial score (nSPS) is 11.7. The molecule has 0 saturated heterocycles. The van der Waals surface area contributed by atoms with Crippen LogP contribution in [0.15, 0.2) is 29.2 Å². The quantitative estimate of drug-likeness (QED) is 0.392. The zero-order chi connectivity index (χ0) is 16.8. The number of unbranched alkanes of at least 4 members (excludes halogenated alkanes) is 11. The highest BCUT2D eigenvalue weighted by atomic mass is 32.2. The van der Waals surface area contributed by atoms with E-state index in [2.05, 4.69) is 13.0 Å². The molecule has 0 N–H and O–H groups in total. The molecule has 1 aromatic rings. The van der Waals surface area contributed by atoms with Gasteiger partial charge in [0.1, 0.15) is 0 Å². The number of hydrogen-bond acceptors (Lipinski definition) is 2. The van der Waals surface area contributed by atoms with Gasteiger partial charge in [0, 0.05) is 6.07 Å². The zero-order valence-electron chi connectivity index (χ0n) is 14.7. The van der Waals surface area contributed by atoms with Crippen LogP contribution in [0.5, 0.6) is 0 Å². The molecule has 1 rings (SSSR count). The van der Waals surface area contributed by atoms with Crippen molar-refractivity contribution in [3.8, 4) is 0 Å². The summed E-state index contributed by atoms with van der Waals surface area (Å²) in [4.78, 5) is 0.336. The van der Waals surface area contributed by atoms with Crippen molar-refractivity contribution in [2.24, 2.45) is 0 Å². The van der Waals surface area contributed by atoms with Gasteiger partial charge in [0.2, 0.25) is 0 Å². The van der Waals surface area contributed by atoms with Crippen LogP contribution in [0.25, 0.3) is 0 Å². The van der Waals surface area contributed by atoms with E-state index in [9.17, 15) is 8.42 Å². The van der Waals surface area contributed by atoms with Crippen molar-refractivity contribution in [3.05, 3.63) is 30.3 Å². The minimum atomic E-state index is -3.13. The summed E-state index contributed by atoms with van der Waals surface area (Å²) in [5, 5.41) is 0. The highest BCUT2D eigenvalue weighted by molar-refractivity contribution is 7.91. The van der Waals surface area contributed by atoms with Crippen LogP contribution in [0.2, 0.25) is 0 Å². The molecular weight excluding hydrogens is 304 g/mol. The van der Waals surface area contributed by atoms with Crippen molar-refractivity contribution in [1.82, 2.24) is 0 Å². The Bertz CT molecular complexity index is 480. The minimum absolute atomic E-state index is 0.255. The minimum Gasteiger partial charge on any atom is -0.224 e. The highest BCUT2D eigenvalue weighted by Crippen LogP contribution is 2.14. The molecule has 0 aliphatic heterocycles. The number of rotatable bonds is 14. The molecule has 0 unspecified atom stereocenters. The summed E-state index contributed by atoms with van der Waals surface area (Å²) in [6.45, 7) is 2.25. The Kier molecular flexibility index (Phi) is 11.1. The van der Waals surface area contributed by atoms with Gasteiger partial charge < -0.3 is 0 Å². The summed E-state index contributed by atoms with van der Waals surface area (Å²) >= 11 is 0. The van der Waals surface area contributed by atoms with Gasteiger partial charge in [0.15, 0.2) is 9.84 Å². The van der Waals surface area contributed by atoms with Gasteiger partial charge in [0.25, 0.3) is 0 Å². The van der Waals surface area contributed by atoms with E-state index in [4.69, 9.17) is 0 Å². The van der Waals surface area contributed by atoms with Gasteiger partial charge in [-0.1, -0.05) is 95.8 Å². The van der Waals surface area contributed by atoms with Gasteiger partial charge in [-0.05, 0) is 12.5 Å². The number of hydrogen-bond donors (Lipinski definition) is 0. The molecule has 0 saturated carbocycles. The van der Waals surface area contributed by atoms with Crippen LogP contribution in [-0.4, -0.2) is 14.2 Å². The molecular formula is C20H33O2S. The molecule has 0 fully saturated rings. The SMILES string of the molecule is CCCCCCCCCCCCCCS(=O)(=O)c1[c]cccc1.